The van der Waals surface area contributed by atoms with Crippen LogP contribution in [0.1, 0.15) is 92.3 Å². The maximum atomic E-state index is 14.6. The molecule has 370 valence electrons. The summed E-state index contributed by atoms with van der Waals surface area (Å²) >= 11 is 0. The minimum atomic E-state index is -2.37. The zero-order chi connectivity index (χ0) is 50.3. The first-order chi connectivity index (χ1) is 33.2. The predicted octanol–water partition coefficient (Wildman–Crippen LogP) is 5.11. The highest BCUT2D eigenvalue weighted by Gasteiger charge is 2.78. The molecule has 0 aromatic heterocycles. The number of hydrogen-bond donors (Lipinski definition) is 5. The molecule has 2 bridgehead atoms. The first-order valence-corrected chi connectivity index (χ1v) is 23.3. The van der Waals surface area contributed by atoms with Crippen LogP contribution in [0.3, 0.4) is 0 Å². The second-order valence-electron chi connectivity index (χ2n) is 19.5. The standard InChI is InChI=1S/C54H59NO15/c1-30-38(68-50(63)43(59)42(34-18-12-8-13-19-34)55-48(61)35-22-24-37(25-23-35)65-28-33-16-10-7-11-17-33)27-54(64)47(69-49(62)36-20-14-9-15-21-36)45-52(6,39(58)26-40-53(45,29-66-40)70-32(3)57)46(60)44(67-31(2)56)41(30)51(54,4)5/h7-25,38-40,42-47,58-60,64H,26-29H2,1-6H3,(H,55,61)/t38-,39-,40+,42-,43+,44+,45-,46-,47-,52+,53-,54+/m0/s1. The van der Waals surface area contributed by atoms with Crippen molar-refractivity contribution in [1.29, 1.82) is 0 Å². The molecule has 5 N–H and O–H groups in total. The second-order valence-corrected chi connectivity index (χ2v) is 19.5. The number of carbonyl (C=O) groups is 5. The lowest BCUT2D eigenvalue weighted by atomic mass is 9.44. The van der Waals surface area contributed by atoms with Gasteiger partial charge in [0.05, 0.1) is 30.2 Å². The topological polar surface area (TPSA) is 234 Å². The van der Waals surface area contributed by atoms with Crippen molar-refractivity contribution in [3.63, 3.8) is 0 Å². The van der Waals surface area contributed by atoms with Gasteiger partial charge in [0.2, 0.25) is 0 Å². The largest absolute Gasteiger partial charge is 0.489 e. The molecule has 12 atom stereocenters. The number of fused-ring (bicyclic) bond motifs is 5. The smallest absolute Gasteiger partial charge is 0.338 e. The summed E-state index contributed by atoms with van der Waals surface area (Å²) < 4.78 is 36.6. The molecule has 4 aromatic rings. The maximum Gasteiger partial charge on any atom is 0.338 e. The van der Waals surface area contributed by atoms with Crippen molar-refractivity contribution in [1.82, 2.24) is 5.32 Å². The molecular formula is C54H59NO15. The Morgan fingerprint density at radius 2 is 1.40 bits per heavy atom. The Kier molecular flexibility index (Phi) is 13.9. The van der Waals surface area contributed by atoms with Crippen LogP contribution in [0, 0.1) is 16.7 Å². The lowest BCUT2D eigenvalue weighted by Gasteiger charge is -2.69. The molecule has 1 aliphatic heterocycles. The molecule has 0 radical (unpaired) electrons. The summed E-state index contributed by atoms with van der Waals surface area (Å²) in [4.78, 5) is 69.0. The van der Waals surface area contributed by atoms with Gasteiger partial charge in [-0.05, 0) is 65.6 Å². The van der Waals surface area contributed by atoms with Gasteiger partial charge >= 0.3 is 23.9 Å². The Bertz CT molecular complexity index is 2620. The zero-order valence-electron chi connectivity index (χ0n) is 39.8. The highest BCUT2D eigenvalue weighted by atomic mass is 16.6. The first kappa shape index (κ1) is 50.0. The SMILES string of the molecule is CC(=O)O[C@@H]1C2=C(C)[C@@H](OC(=O)[C@H](O)[C@@H](NC(=O)c3ccc(OCc4ccccc4)cc3)c3ccccc3)C[C@@](O)([C@@H](OC(=O)c3ccccc3)[C@@H]3[C@]4(OC(C)=O)CO[C@@H]4C[C@H](O)[C@@]3(C)[C@H]1O)C2(C)C. The Morgan fingerprint density at radius 1 is 0.786 bits per heavy atom. The Labute approximate surface area is 405 Å². The number of carbonyl (C=O) groups excluding carboxylic acids is 5. The van der Waals surface area contributed by atoms with Gasteiger partial charge in [0, 0.05) is 43.1 Å². The Morgan fingerprint density at radius 3 is 1.99 bits per heavy atom. The molecule has 1 heterocycles. The van der Waals surface area contributed by atoms with E-state index < -0.39 is 113 Å². The van der Waals surface area contributed by atoms with Crippen molar-refractivity contribution in [3.05, 3.63) is 149 Å². The van der Waals surface area contributed by atoms with Gasteiger partial charge in [-0.25, -0.2) is 9.59 Å². The van der Waals surface area contributed by atoms with Crippen LogP contribution in [-0.4, -0.2) is 111 Å². The van der Waals surface area contributed by atoms with Crippen LogP contribution in [0.2, 0.25) is 0 Å². The highest BCUT2D eigenvalue weighted by molar-refractivity contribution is 5.95. The summed E-state index contributed by atoms with van der Waals surface area (Å²) in [6.07, 6.45) is -12.0. The van der Waals surface area contributed by atoms with E-state index in [1.54, 1.807) is 93.6 Å². The lowest BCUT2D eigenvalue weighted by molar-refractivity contribution is -0.365. The molecule has 1 saturated heterocycles. The molecule has 2 saturated carbocycles. The molecule has 3 aliphatic carbocycles. The van der Waals surface area contributed by atoms with Crippen LogP contribution in [0.15, 0.2) is 126 Å². The van der Waals surface area contributed by atoms with Crippen molar-refractivity contribution >= 4 is 29.8 Å². The van der Waals surface area contributed by atoms with Crippen LogP contribution in [-0.2, 0) is 44.7 Å². The number of hydrogen-bond acceptors (Lipinski definition) is 15. The van der Waals surface area contributed by atoms with E-state index >= 15 is 0 Å². The number of amides is 1. The van der Waals surface area contributed by atoms with Crippen molar-refractivity contribution in [3.8, 4) is 5.75 Å². The molecule has 4 aromatic carbocycles. The molecule has 3 fully saturated rings. The summed E-state index contributed by atoms with van der Waals surface area (Å²) in [5, 5.41) is 53.7. The molecule has 0 spiro atoms. The van der Waals surface area contributed by atoms with Crippen LogP contribution < -0.4 is 10.1 Å². The molecule has 0 unspecified atom stereocenters. The Hall–Kier alpha value is -6.43. The summed E-state index contributed by atoms with van der Waals surface area (Å²) in [5.41, 5.74) is -5.71. The summed E-state index contributed by atoms with van der Waals surface area (Å²) in [6, 6.07) is 30.7. The zero-order valence-corrected chi connectivity index (χ0v) is 39.8. The molecule has 1 amide bonds. The summed E-state index contributed by atoms with van der Waals surface area (Å²) in [6.45, 7) is 8.59. The van der Waals surface area contributed by atoms with E-state index in [2.05, 4.69) is 5.32 Å². The number of rotatable bonds is 13. The van der Waals surface area contributed by atoms with Gasteiger partial charge in [0.25, 0.3) is 5.91 Å². The molecular weight excluding hydrogens is 903 g/mol. The number of benzene rings is 4. The lowest BCUT2D eigenvalue weighted by Crippen LogP contribution is -2.82. The fourth-order valence-electron chi connectivity index (χ4n) is 11.3. The van der Waals surface area contributed by atoms with E-state index in [0.717, 1.165) is 12.5 Å². The number of ether oxygens (including phenoxy) is 6. The van der Waals surface area contributed by atoms with E-state index in [4.69, 9.17) is 28.4 Å². The third-order valence-electron chi connectivity index (χ3n) is 15.0. The van der Waals surface area contributed by atoms with Gasteiger partial charge in [-0.15, -0.1) is 0 Å². The third-order valence-corrected chi connectivity index (χ3v) is 15.0. The maximum absolute atomic E-state index is 14.6. The van der Waals surface area contributed by atoms with E-state index in [-0.39, 0.29) is 35.3 Å². The van der Waals surface area contributed by atoms with Crippen LogP contribution in [0.5, 0.6) is 5.75 Å². The Balaban J connectivity index is 1.18. The van der Waals surface area contributed by atoms with Gasteiger partial charge in [-0.2, -0.15) is 0 Å². The van der Waals surface area contributed by atoms with Crippen molar-refractivity contribution < 1.29 is 72.8 Å². The van der Waals surface area contributed by atoms with Gasteiger partial charge < -0.3 is 54.2 Å². The minimum Gasteiger partial charge on any atom is -0.489 e. The fraction of sp³-hybridized carbons (Fsp3) is 0.426. The average Bonchev–Trinajstić information content (AvgIpc) is 3.34. The van der Waals surface area contributed by atoms with Crippen LogP contribution in [0.4, 0.5) is 0 Å². The van der Waals surface area contributed by atoms with Gasteiger partial charge in [0.1, 0.15) is 42.4 Å². The third kappa shape index (κ3) is 8.87. The normalized spacial score (nSPS) is 30.5. The monoisotopic (exact) mass is 961 g/mol. The number of esters is 4. The summed E-state index contributed by atoms with van der Waals surface area (Å²) in [5.74, 6) is -5.34. The van der Waals surface area contributed by atoms with Gasteiger partial charge in [0.15, 0.2) is 17.8 Å². The van der Waals surface area contributed by atoms with Crippen molar-refractivity contribution in [2.75, 3.05) is 6.61 Å². The number of aliphatic hydroxyl groups excluding tert-OH is 3. The molecule has 70 heavy (non-hydrogen) atoms. The number of nitrogens with one attached hydrogen (secondary N) is 1. The van der Waals surface area contributed by atoms with Crippen LogP contribution in [0.25, 0.3) is 0 Å². The van der Waals surface area contributed by atoms with E-state index in [0.29, 0.717) is 17.9 Å². The number of aliphatic hydroxyl groups is 4. The molecule has 8 rings (SSSR count). The quantitative estimate of drug-likeness (QED) is 0.0666. The van der Waals surface area contributed by atoms with Gasteiger partial charge in [-0.1, -0.05) is 99.6 Å². The summed E-state index contributed by atoms with van der Waals surface area (Å²) in [7, 11) is 0. The second kappa shape index (κ2) is 19.4. The predicted molar refractivity (Wildman–Crippen MR) is 249 cm³/mol. The fourth-order valence-corrected chi connectivity index (χ4v) is 11.3. The molecule has 4 aliphatic rings. The van der Waals surface area contributed by atoms with Gasteiger partial charge in [-0.3, -0.25) is 14.4 Å². The van der Waals surface area contributed by atoms with E-state index in [9.17, 15) is 44.4 Å². The minimum absolute atomic E-state index is 0.0838. The highest BCUT2D eigenvalue weighted by Crippen LogP contribution is 2.65. The van der Waals surface area contributed by atoms with E-state index in [1.165, 1.54) is 26.0 Å². The molecule has 16 heteroatoms. The van der Waals surface area contributed by atoms with Crippen molar-refractivity contribution in [2.45, 2.75) is 121 Å². The first-order valence-electron chi connectivity index (χ1n) is 23.3. The molecule has 16 nitrogen and oxygen atoms in total. The van der Waals surface area contributed by atoms with Crippen LogP contribution >= 0.6 is 0 Å². The van der Waals surface area contributed by atoms with Crippen molar-refractivity contribution in [2.24, 2.45) is 16.7 Å². The van der Waals surface area contributed by atoms with E-state index in [1.807, 2.05) is 30.3 Å². The average molecular weight is 962 g/mol.